The van der Waals surface area contributed by atoms with Gasteiger partial charge in [-0.25, -0.2) is 0 Å². The van der Waals surface area contributed by atoms with E-state index in [2.05, 4.69) is 33.0 Å². The average Bonchev–Trinajstić information content (AvgIpc) is 3.03. The minimum atomic E-state index is 0.416. The van der Waals surface area contributed by atoms with Gasteiger partial charge in [-0.3, -0.25) is 4.90 Å². The first-order valence-electron chi connectivity index (χ1n) is 6.69. The van der Waals surface area contributed by atoms with Crippen molar-refractivity contribution < 1.29 is 4.74 Å². The normalized spacial score (nSPS) is 26.9. The molecule has 2 aliphatic rings. The lowest BCUT2D eigenvalue weighted by atomic mass is 9.87. The Labute approximate surface area is 122 Å². The number of nitriles is 1. The number of nitrogens with zero attached hydrogens (tertiary/aromatic N) is 2. The van der Waals surface area contributed by atoms with Gasteiger partial charge in [-0.15, -0.1) is 0 Å². The fourth-order valence-corrected chi connectivity index (χ4v) is 3.62. The second kappa shape index (κ2) is 5.24. The molecule has 0 amide bonds. The van der Waals surface area contributed by atoms with Gasteiger partial charge < -0.3 is 4.74 Å². The summed E-state index contributed by atoms with van der Waals surface area (Å²) in [5.74, 6) is 0. The Morgan fingerprint density at radius 3 is 3.00 bits per heavy atom. The molecule has 3 rings (SSSR count). The Morgan fingerprint density at radius 2 is 2.32 bits per heavy atom. The molecule has 2 saturated heterocycles. The van der Waals surface area contributed by atoms with Gasteiger partial charge in [0.2, 0.25) is 0 Å². The lowest BCUT2D eigenvalue weighted by Crippen LogP contribution is -2.27. The second-order valence-electron chi connectivity index (χ2n) is 5.68. The highest BCUT2D eigenvalue weighted by Crippen LogP contribution is 2.38. The zero-order valence-corrected chi connectivity index (χ0v) is 12.4. The molecule has 1 spiro atoms. The molecule has 0 radical (unpaired) electrons. The van der Waals surface area contributed by atoms with Crippen molar-refractivity contribution in [3.8, 4) is 6.07 Å². The van der Waals surface area contributed by atoms with Crippen LogP contribution in [-0.2, 0) is 11.3 Å². The maximum atomic E-state index is 8.88. The van der Waals surface area contributed by atoms with Gasteiger partial charge in [-0.1, -0.05) is 22.0 Å². The molecule has 100 valence electrons. The molecular weight excluding hydrogens is 304 g/mol. The highest BCUT2D eigenvalue weighted by Gasteiger charge is 2.41. The molecule has 1 aromatic carbocycles. The number of hydrogen-bond donors (Lipinski definition) is 0. The maximum Gasteiger partial charge on any atom is 0.0992 e. The lowest BCUT2D eigenvalue weighted by molar-refractivity contribution is 0.151. The molecule has 0 bridgehead atoms. The first kappa shape index (κ1) is 13.1. The third kappa shape index (κ3) is 2.69. The van der Waals surface area contributed by atoms with Crippen LogP contribution in [0.4, 0.5) is 0 Å². The predicted molar refractivity (Wildman–Crippen MR) is 76.6 cm³/mol. The van der Waals surface area contributed by atoms with E-state index < -0.39 is 0 Å². The Bertz CT molecular complexity index is 517. The monoisotopic (exact) mass is 320 g/mol. The standard InChI is InChI=1S/C15H17BrN2O/c16-14-7-12(8-17)1-2-13(14)9-18-5-3-15(10-18)4-6-19-11-15/h1-2,7H,3-6,9-11H2/t15-/m1/s1. The quantitative estimate of drug-likeness (QED) is 0.840. The smallest absolute Gasteiger partial charge is 0.0992 e. The molecule has 2 aliphatic heterocycles. The van der Waals surface area contributed by atoms with Crippen molar-refractivity contribution >= 4 is 15.9 Å². The molecule has 0 unspecified atom stereocenters. The molecule has 1 atom stereocenters. The summed E-state index contributed by atoms with van der Waals surface area (Å²) in [7, 11) is 0. The average molecular weight is 321 g/mol. The Balaban J connectivity index is 1.68. The summed E-state index contributed by atoms with van der Waals surface area (Å²) in [5, 5.41) is 8.88. The van der Waals surface area contributed by atoms with Gasteiger partial charge in [0.15, 0.2) is 0 Å². The van der Waals surface area contributed by atoms with Crippen LogP contribution in [0.2, 0.25) is 0 Å². The van der Waals surface area contributed by atoms with Gasteiger partial charge in [0.05, 0.1) is 18.2 Å². The van der Waals surface area contributed by atoms with Gasteiger partial charge in [0.25, 0.3) is 0 Å². The minimum absolute atomic E-state index is 0.416. The van der Waals surface area contributed by atoms with Crippen LogP contribution in [-0.4, -0.2) is 31.2 Å². The molecular formula is C15H17BrN2O. The predicted octanol–water partition coefficient (Wildman–Crippen LogP) is 2.93. The van der Waals surface area contributed by atoms with Crippen LogP contribution < -0.4 is 0 Å². The molecule has 0 aromatic heterocycles. The third-order valence-corrected chi connectivity index (χ3v) is 5.02. The highest BCUT2D eigenvalue weighted by molar-refractivity contribution is 9.10. The second-order valence-corrected chi connectivity index (χ2v) is 6.54. The lowest BCUT2D eigenvalue weighted by Gasteiger charge is -2.22. The van der Waals surface area contributed by atoms with Crippen molar-refractivity contribution in [3.05, 3.63) is 33.8 Å². The molecule has 1 aromatic rings. The van der Waals surface area contributed by atoms with Gasteiger partial charge in [0, 0.05) is 29.6 Å². The largest absolute Gasteiger partial charge is 0.381 e. The summed E-state index contributed by atoms with van der Waals surface area (Å²) in [6.45, 7) is 5.09. The van der Waals surface area contributed by atoms with Crippen molar-refractivity contribution in [3.63, 3.8) is 0 Å². The van der Waals surface area contributed by atoms with E-state index in [1.807, 2.05) is 12.1 Å². The van der Waals surface area contributed by atoms with E-state index >= 15 is 0 Å². The molecule has 2 heterocycles. The number of likely N-dealkylation sites (tertiary alicyclic amines) is 1. The van der Waals surface area contributed by atoms with E-state index in [1.165, 1.54) is 18.4 Å². The Hall–Kier alpha value is -0.890. The molecule has 3 nitrogen and oxygen atoms in total. The van der Waals surface area contributed by atoms with E-state index in [4.69, 9.17) is 10.00 Å². The SMILES string of the molecule is N#Cc1ccc(CN2CC[C@@]3(CCOC3)C2)c(Br)c1. The fourth-order valence-electron chi connectivity index (χ4n) is 3.12. The van der Waals surface area contributed by atoms with Crippen LogP contribution in [0.5, 0.6) is 0 Å². The molecule has 0 N–H and O–H groups in total. The maximum absolute atomic E-state index is 8.88. The van der Waals surface area contributed by atoms with Crippen LogP contribution >= 0.6 is 15.9 Å². The van der Waals surface area contributed by atoms with Crippen LogP contribution in [0.25, 0.3) is 0 Å². The van der Waals surface area contributed by atoms with E-state index in [0.717, 1.165) is 37.3 Å². The summed E-state index contributed by atoms with van der Waals surface area (Å²) in [6.07, 6.45) is 2.46. The highest BCUT2D eigenvalue weighted by atomic mass is 79.9. The zero-order chi connectivity index (χ0) is 13.3. The van der Waals surface area contributed by atoms with Gasteiger partial charge in [-0.05, 0) is 37.1 Å². The number of halogens is 1. The summed E-state index contributed by atoms with van der Waals surface area (Å²) < 4.78 is 6.60. The van der Waals surface area contributed by atoms with Crippen molar-refractivity contribution in [2.75, 3.05) is 26.3 Å². The Kier molecular flexibility index (Phi) is 3.62. The number of ether oxygens (including phenoxy) is 1. The van der Waals surface area contributed by atoms with Gasteiger partial charge >= 0.3 is 0 Å². The van der Waals surface area contributed by atoms with E-state index in [9.17, 15) is 0 Å². The number of hydrogen-bond acceptors (Lipinski definition) is 3. The molecule has 0 saturated carbocycles. The molecule has 4 heteroatoms. The van der Waals surface area contributed by atoms with Crippen LogP contribution in [0.3, 0.4) is 0 Å². The zero-order valence-electron chi connectivity index (χ0n) is 10.9. The summed E-state index contributed by atoms with van der Waals surface area (Å²) in [6, 6.07) is 8.02. The minimum Gasteiger partial charge on any atom is -0.381 e. The number of rotatable bonds is 2. The van der Waals surface area contributed by atoms with Crippen molar-refractivity contribution in [2.45, 2.75) is 19.4 Å². The van der Waals surface area contributed by atoms with Crippen molar-refractivity contribution in [2.24, 2.45) is 5.41 Å². The summed E-state index contributed by atoms with van der Waals surface area (Å²) >= 11 is 3.57. The summed E-state index contributed by atoms with van der Waals surface area (Å²) in [5.41, 5.74) is 2.38. The number of benzene rings is 1. The first-order valence-corrected chi connectivity index (χ1v) is 7.49. The van der Waals surface area contributed by atoms with Crippen molar-refractivity contribution in [1.29, 1.82) is 5.26 Å². The summed E-state index contributed by atoms with van der Waals surface area (Å²) in [4.78, 5) is 2.50. The van der Waals surface area contributed by atoms with E-state index in [0.29, 0.717) is 11.0 Å². The van der Waals surface area contributed by atoms with Crippen molar-refractivity contribution in [1.82, 2.24) is 4.90 Å². The molecule has 0 aliphatic carbocycles. The molecule has 2 fully saturated rings. The fraction of sp³-hybridized carbons (Fsp3) is 0.533. The molecule has 19 heavy (non-hydrogen) atoms. The topological polar surface area (TPSA) is 36.3 Å². The first-order chi connectivity index (χ1) is 9.21. The Morgan fingerprint density at radius 1 is 1.42 bits per heavy atom. The van der Waals surface area contributed by atoms with Gasteiger partial charge in [-0.2, -0.15) is 5.26 Å². The van der Waals surface area contributed by atoms with E-state index in [-0.39, 0.29) is 0 Å². The van der Waals surface area contributed by atoms with Crippen LogP contribution in [0, 0.1) is 16.7 Å². The van der Waals surface area contributed by atoms with E-state index in [1.54, 1.807) is 0 Å². The van der Waals surface area contributed by atoms with Crippen LogP contribution in [0.1, 0.15) is 24.0 Å². The third-order valence-electron chi connectivity index (χ3n) is 4.28. The van der Waals surface area contributed by atoms with Gasteiger partial charge in [0.1, 0.15) is 0 Å². The van der Waals surface area contributed by atoms with Crippen LogP contribution in [0.15, 0.2) is 22.7 Å².